The third kappa shape index (κ3) is 4.88. The first-order valence-corrected chi connectivity index (χ1v) is 5.83. The van der Waals surface area contributed by atoms with Crippen LogP contribution in [0.3, 0.4) is 0 Å². The van der Waals surface area contributed by atoms with E-state index in [9.17, 15) is 4.57 Å². The minimum atomic E-state index is -3.03. The average molecular weight is 196 g/mol. The fourth-order valence-electron chi connectivity index (χ4n) is 0.860. The number of aliphatic hydroxyl groups is 1. The zero-order valence-corrected chi connectivity index (χ0v) is 8.71. The van der Waals surface area contributed by atoms with E-state index in [2.05, 4.69) is 0 Å². The van der Waals surface area contributed by atoms with E-state index in [-0.39, 0.29) is 6.16 Å². The van der Waals surface area contributed by atoms with Crippen LogP contribution in [0.15, 0.2) is 0 Å². The summed E-state index contributed by atoms with van der Waals surface area (Å²) in [5, 5.41) is 9.01. The van der Waals surface area contributed by atoms with Gasteiger partial charge in [-0.25, -0.2) is 0 Å². The summed E-state index contributed by atoms with van der Waals surface area (Å²) in [5.41, 5.74) is 0. The minimum absolute atomic E-state index is 0.0642. The molecule has 0 aliphatic heterocycles. The van der Waals surface area contributed by atoms with Crippen molar-refractivity contribution in [2.75, 3.05) is 19.4 Å². The van der Waals surface area contributed by atoms with Crippen LogP contribution in [0.4, 0.5) is 0 Å². The number of rotatable bonds is 6. The number of hydrogen-bond donors (Lipinski definition) is 1. The molecule has 4 nitrogen and oxygen atoms in total. The monoisotopic (exact) mass is 196 g/mol. The van der Waals surface area contributed by atoms with Gasteiger partial charge in [0.25, 0.3) is 0 Å². The first kappa shape index (κ1) is 12.1. The Morgan fingerprint density at radius 2 is 1.75 bits per heavy atom. The minimum Gasteiger partial charge on any atom is -0.393 e. The predicted octanol–water partition coefficient (Wildman–Crippen LogP) is 1.63. The zero-order valence-electron chi connectivity index (χ0n) is 7.82. The molecule has 0 aromatic rings. The van der Waals surface area contributed by atoms with Crippen molar-refractivity contribution < 1.29 is 18.7 Å². The molecule has 5 heteroatoms. The molecule has 0 aliphatic carbocycles. The Kier molecular flexibility index (Phi) is 5.76. The summed E-state index contributed by atoms with van der Waals surface area (Å²) in [6.45, 7) is 5.72. The maximum absolute atomic E-state index is 11.6. The van der Waals surface area contributed by atoms with Gasteiger partial charge in [0.05, 0.1) is 25.5 Å². The van der Waals surface area contributed by atoms with Gasteiger partial charge < -0.3 is 14.2 Å². The lowest BCUT2D eigenvalue weighted by Gasteiger charge is -2.17. The standard InChI is InChI=1S/C7H17O4P/c1-4-10-12(9,11-5-2)6-7(3)8/h7-8H,4-6H2,1-3H3/t7-/m0/s1. The quantitative estimate of drug-likeness (QED) is 0.656. The molecule has 12 heavy (non-hydrogen) atoms. The normalized spacial score (nSPS) is 14.7. The first-order chi connectivity index (χ1) is 5.54. The predicted molar refractivity (Wildman–Crippen MR) is 47.4 cm³/mol. The highest BCUT2D eigenvalue weighted by Gasteiger charge is 2.25. The summed E-state index contributed by atoms with van der Waals surface area (Å²) in [5.74, 6) is 0. The van der Waals surface area contributed by atoms with Crippen LogP contribution in [0.1, 0.15) is 20.8 Å². The van der Waals surface area contributed by atoms with Gasteiger partial charge in [-0.3, -0.25) is 4.57 Å². The van der Waals surface area contributed by atoms with Crippen LogP contribution in [0.25, 0.3) is 0 Å². The van der Waals surface area contributed by atoms with Gasteiger partial charge in [0.1, 0.15) is 0 Å². The van der Waals surface area contributed by atoms with Crippen molar-refractivity contribution in [2.24, 2.45) is 0 Å². The van der Waals surface area contributed by atoms with E-state index in [0.717, 1.165) is 0 Å². The molecule has 1 N–H and O–H groups in total. The van der Waals surface area contributed by atoms with E-state index < -0.39 is 13.7 Å². The van der Waals surface area contributed by atoms with Crippen molar-refractivity contribution >= 4 is 7.60 Å². The van der Waals surface area contributed by atoms with E-state index in [1.165, 1.54) is 0 Å². The highest BCUT2D eigenvalue weighted by Crippen LogP contribution is 2.48. The molecule has 0 heterocycles. The molecule has 0 fully saturated rings. The fraction of sp³-hybridized carbons (Fsp3) is 1.00. The second-order valence-electron chi connectivity index (χ2n) is 2.48. The lowest BCUT2D eigenvalue weighted by atomic mass is 10.5. The molecule has 0 aliphatic rings. The summed E-state index contributed by atoms with van der Waals surface area (Å²) in [7, 11) is -3.03. The van der Waals surface area contributed by atoms with Crippen LogP contribution in [-0.4, -0.2) is 30.6 Å². The molecular weight excluding hydrogens is 179 g/mol. The Morgan fingerprint density at radius 1 is 1.33 bits per heavy atom. The molecule has 0 saturated carbocycles. The summed E-state index contributed by atoms with van der Waals surface area (Å²) < 4.78 is 21.5. The van der Waals surface area contributed by atoms with Gasteiger partial charge in [-0.1, -0.05) is 0 Å². The molecule has 0 bridgehead atoms. The maximum atomic E-state index is 11.6. The average Bonchev–Trinajstić information content (AvgIpc) is 1.85. The maximum Gasteiger partial charge on any atom is 0.333 e. The largest absolute Gasteiger partial charge is 0.393 e. The third-order valence-electron chi connectivity index (χ3n) is 1.14. The Morgan fingerprint density at radius 3 is 2.00 bits per heavy atom. The summed E-state index contributed by atoms with van der Waals surface area (Å²) in [6, 6.07) is 0. The molecule has 0 aromatic heterocycles. The smallest absolute Gasteiger partial charge is 0.333 e. The molecule has 0 radical (unpaired) electrons. The SMILES string of the molecule is CCOP(=O)(C[C@H](C)O)OCC. The van der Waals surface area contributed by atoms with Crippen molar-refractivity contribution in [3.8, 4) is 0 Å². The van der Waals surface area contributed by atoms with E-state index >= 15 is 0 Å². The van der Waals surface area contributed by atoms with Gasteiger partial charge in [0.15, 0.2) is 0 Å². The van der Waals surface area contributed by atoms with Crippen LogP contribution in [-0.2, 0) is 13.6 Å². The first-order valence-electron chi connectivity index (χ1n) is 4.10. The summed E-state index contributed by atoms with van der Waals surface area (Å²) in [6.07, 6.45) is -0.594. The van der Waals surface area contributed by atoms with E-state index in [1.54, 1.807) is 20.8 Å². The molecular formula is C7H17O4P. The molecule has 0 rings (SSSR count). The summed E-state index contributed by atoms with van der Waals surface area (Å²) >= 11 is 0. The third-order valence-corrected chi connectivity index (χ3v) is 3.42. The summed E-state index contributed by atoms with van der Waals surface area (Å²) in [4.78, 5) is 0. The lowest BCUT2D eigenvalue weighted by molar-refractivity contribution is 0.181. The van der Waals surface area contributed by atoms with E-state index in [1.807, 2.05) is 0 Å². The Hall–Kier alpha value is 0.110. The molecule has 1 atom stereocenters. The number of hydrogen-bond acceptors (Lipinski definition) is 4. The van der Waals surface area contributed by atoms with Gasteiger partial charge in [-0.05, 0) is 20.8 Å². The second kappa shape index (κ2) is 5.70. The lowest BCUT2D eigenvalue weighted by Crippen LogP contribution is -2.11. The highest BCUT2D eigenvalue weighted by atomic mass is 31.2. The van der Waals surface area contributed by atoms with Gasteiger partial charge in [-0.15, -0.1) is 0 Å². The van der Waals surface area contributed by atoms with Crippen molar-refractivity contribution in [3.05, 3.63) is 0 Å². The number of aliphatic hydroxyl groups excluding tert-OH is 1. The molecule has 0 amide bonds. The van der Waals surface area contributed by atoms with Crippen LogP contribution in [0, 0.1) is 0 Å². The van der Waals surface area contributed by atoms with Gasteiger partial charge in [-0.2, -0.15) is 0 Å². The van der Waals surface area contributed by atoms with Crippen LogP contribution in [0.5, 0.6) is 0 Å². The molecule has 0 saturated heterocycles. The van der Waals surface area contributed by atoms with Crippen LogP contribution in [0.2, 0.25) is 0 Å². The van der Waals surface area contributed by atoms with Crippen molar-refractivity contribution in [1.29, 1.82) is 0 Å². The van der Waals surface area contributed by atoms with E-state index in [4.69, 9.17) is 14.2 Å². The van der Waals surface area contributed by atoms with Crippen molar-refractivity contribution in [2.45, 2.75) is 26.9 Å². The molecule has 0 unspecified atom stereocenters. The van der Waals surface area contributed by atoms with Gasteiger partial charge in [0.2, 0.25) is 0 Å². The van der Waals surface area contributed by atoms with Gasteiger partial charge >= 0.3 is 7.60 Å². The topological polar surface area (TPSA) is 55.8 Å². The Balaban J connectivity index is 4.08. The molecule has 74 valence electrons. The Labute approximate surface area is 73.4 Å². The zero-order chi connectivity index (χ0) is 9.61. The van der Waals surface area contributed by atoms with E-state index in [0.29, 0.717) is 13.2 Å². The van der Waals surface area contributed by atoms with Crippen molar-refractivity contribution in [1.82, 2.24) is 0 Å². The van der Waals surface area contributed by atoms with Gasteiger partial charge in [0, 0.05) is 0 Å². The highest BCUT2D eigenvalue weighted by molar-refractivity contribution is 7.53. The second-order valence-corrected chi connectivity index (χ2v) is 4.58. The Bertz CT molecular complexity index is 147. The molecule has 0 aromatic carbocycles. The van der Waals surface area contributed by atoms with Crippen LogP contribution < -0.4 is 0 Å². The van der Waals surface area contributed by atoms with Crippen LogP contribution >= 0.6 is 7.60 Å². The van der Waals surface area contributed by atoms with Crippen molar-refractivity contribution in [3.63, 3.8) is 0 Å². The fourth-order valence-corrected chi connectivity index (χ4v) is 2.58. The molecule has 0 spiro atoms.